The fourth-order valence-corrected chi connectivity index (χ4v) is 4.04. The van der Waals surface area contributed by atoms with E-state index in [-0.39, 0.29) is 17.9 Å². The highest BCUT2D eigenvalue weighted by Crippen LogP contribution is 2.32. The number of ether oxygens (including phenoxy) is 2. The van der Waals surface area contributed by atoms with Crippen molar-refractivity contribution in [3.63, 3.8) is 0 Å². The minimum Gasteiger partial charge on any atom is -0.486 e. The Hall–Kier alpha value is -3.79. The highest BCUT2D eigenvalue weighted by atomic mass is 35.5. The number of halogens is 1. The summed E-state index contributed by atoms with van der Waals surface area (Å²) in [5.41, 5.74) is 0.0351. The van der Waals surface area contributed by atoms with Crippen molar-refractivity contribution in [3.8, 4) is 11.5 Å². The number of amides is 1. The third-order valence-corrected chi connectivity index (χ3v) is 5.54. The third-order valence-electron chi connectivity index (χ3n) is 5.31. The molecule has 3 heterocycles. The van der Waals surface area contributed by atoms with E-state index in [0.29, 0.717) is 59.3 Å². The average molecular weight is 470 g/mol. The number of nitrogens with one attached hydrogen (secondary N) is 1. The third kappa shape index (κ3) is 3.72. The van der Waals surface area contributed by atoms with Gasteiger partial charge >= 0.3 is 5.69 Å². The molecule has 11 heteroatoms. The molecule has 0 bridgehead atoms. The van der Waals surface area contributed by atoms with Gasteiger partial charge in [-0.25, -0.2) is 13.9 Å². The summed E-state index contributed by atoms with van der Waals surface area (Å²) >= 11 is 6.12. The molecule has 0 saturated heterocycles. The van der Waals surface area contributed by atoms with Gasteiger partial charge in [-0.15, -0.1) is 5.10 Å². The number of aromatic nitrogens is 4. The summed E-state index contributed by atoms with van der Waals surface area (Å²) < 4.78 is 14.8. The number of rotatable bonds is 5. The lowest BCUT2D eigenvalue weighted by molar-refractivity contribution is -0.117. The van der Waals surface area contributed by atoms with E-state index in [1.165, 1.54) is 8.97 Å². The van der Waals surface area contributed by atoms with Crippen LogP contribution in [0.2, 0.25) is 5.02 Å². The van der Waals surface area contributed by atoms with Crippen LogP contribution in [0.1, 0.15) is 13.3 Å². The number of anilines is 1. The maximum Gasteiger partial charge on any atom is 0.352 e. The van der Waals surface area contributed by atoms with Crippen molar-refractivity contribution >= 4 is 39.9 Å². The molecule has 2 aromatic heterocycles. The molecule has 0 aliphatic carbocycles. The molecule has 33 heavy (non-hydrogen) atoms. The molecular weight excluding hydrogens is 450 g/mol. The molecule has 4 aromatic rings. The first-order chi connectivity index (χ1) is 16.0. The predicted octanol–water partition coefficient (Wildman–Crippen LogP) is 2.28. The van der Waals surface area contributed by atoms with E-state index in [0.717, 1.165) is 4.68 Å². The molecule has 0 unspecified atom stereocenters. The first kappa shape index (κ1) is 21.1. The Bertz CT molecular complexity index is 1520. The summed E-state index contributed by atoms with van der Waals surface area (Å²) in [6, 6.07) is 9.79. The van der Waals surface area contributed by atoms with Crippen LogP contribution < -0.4 is 26.0 Å². The minimum absolute atomic E-state index is 0.161. The van der Waals surface area contributed by atoms with Crippen LogP contribution in [0.5, 0.6) is 11.5 Å². The Morgan fingerprint density at radius 2 is 1.91 bits per heavy atom. The van der Waals surface area contributed by atoms with Crippen molar-refractivity contribution in [2.75, 3.05) is 18.5 Å². The summed E-state index contributed by atoms with van der Waals surface area (Å²) in [6.45, 7) is 2.86. The second-order valence-electron chi connectivity index (χ2n) is 7.60. The molecular formula is C22H20ClN5O5. The molecule has 170 valence electrons. The van der Waals surface area contributed by atoms with Crippen LogP contribution in [0.4, 0.5) is 5.69 Å². The van der Waals surface area contributed by atoms with E-state index in [1.54, 1.807) is 36.4 Å². The molecule has 0 fully saturated rings. The quantitative estimate of drug-likeness (QED) is 0.480. The van der Waals surface area contributed by atoms with Crippen LogP contribution in [-0.4, -0.2) is 37.9 Å². The average Bonchev–Trinajstić information content (AvgIpc) is 3.12. The summed E-state index contributed by atoms with van der Waals surface area (Å²) in [4.78, 5) is 38.9. The summed E-state index contributed by atoms with van der Waals surface area (Å²) in [6.07, 6.45) is 0.667. The number of nitrogens with zero attached hydrogens (tertiary/aromatic N) is 4. The van der Waals surface area contributed by atoms with E-state index in [1.807, 2.05) is 6.92 Å². The van der Waals surface area contributed by atoms with Crippen LogP contribution in [-0.2, 0) is 17.9 Å². The predicted molar refractivity (Wildman–Crippen MR) is 123 cm³/mol. The van der Waals surface area contributed by atoms with Gasteiger partial charge in [0.05, 0.1) is 10.9 Å². The zero-order valence-electron chi connectivity index (χ0n) is 17.7. The number of benzene rings is 2. The second kappa shape index (κ2) is 8.28. The van der Waals surface area contributed by atoms with E-state index in [2.05, 4.69) is 10.4 Å². The number of hydrogen-bond donors (Lipinski definition) is 1. The molecule has 0 saturated carbocycles. The topological polar surface area (TPSA) is 109 Å². The van der Waals surface area contributed by atoms with Crippen LogP contribution in [0, 0.1) is 0 Å². The van der Waals surface area contributed by atoms with Gasteiger partial charge in [0.15, 0.2) is 11.5 Å². The highest BCUT2D eigenvalue weighted by molar-refractivity contribution is 6.31. The lowest BCUT2D eigenvalue weighted by Gasteiger charge is -2.18. The summed E-state index contributed by atoms with van der Waals surface area (Å²) in [5, 5.41) is 7.77. The Morgan fingerprint density at radius 3 is 2.70 bits per heavy atom. The van der Waals surface area contributed by atoms with Crippen LogP contribution in [0.15, 0.2) is 46.0 Å². The van der Waals surface area contributed by atoms with Gasteiger partial charge in [-0.1, -0.05) is 18.5 Å². The van der Waals surface area contributed by atoms with E-state index < -0.39 is 11.6 Å². The van der Waals surface area contributed by atoms with Crippen molar-refractivity contribution < 1.29 is 14.3 Å². The number of aryl methyl sites for hydroxylation is 1. The molecule has 1 N–H and O–H groups in total. The van der Waals surface area contributed by atoms with Crippen molar-refractivity contribution in [2.45, 2.75) is 26.4 Å². The van der Waals surface area contributed by atoms with Crippen molar-refractivity contribution in [2.24, 2.45) is 0 Å². The molecule has 1 aliphatic rings. The minimum atomic E-state index is -0.542. The molecule has 1 amide bonds. The van der Waals surface area contributed by atoms with E-state index in [9.17, 15) is 14.4 Å². The van der Waals surface area contributed by atoms with Crippen molar-refractivity contribution in [3.05, 3.63) is 62.3 Å². The Labute approximate surface area is 191 Å². The SMILES string of the molecule is CCCn1c(=O)c2ccc(Cl)cc2n2c(=O)n(CC(=O)Nc3ccc4c(c3)OCCO4)nc12. The number of carbonyl (C=O) groups is 1. The zero-order chi connectivity index (χ0) is 23.1. The molecule has 1 aliphatic heterocycles. The molecule has 2 aromatic carbocycles. The standard InChI is InChI=1S/C22H20ClN5O5/c1-2-7-26-20(30)15-5-3-13(23)10-16(15)28-21(26)25-27(22(28)31)12-19(29)24-14-4-6-17-18(11-14)33-9-8-32-17/h3-6,10-11H,2,7-9,12H2,1H3,(H,24,29). The first-order valence-corrected chi connectivity index (χ1v) is 10.8. The van der Waals surface area contributed by atoms with Gasteiger partial charge in [-0.3, -0.25) is 14.2 Å². The second-order valence-corrected chi connectivity index (χ2v) is 8.04. The first-order valence-electron chi connectivity index (χ1n) is 10.5. The molecule has 0 spiro atoms. The van der Waals surface area contributed by atoms with Crippen molar-refractivity contribution in [1.82, 2.24) is 18.7 Å². The van der Waals surface area contributed by atoms with Gasteiger partial charge in [0.2, 0.25) is 11.7 Å². The lowest BCUT2D eigenvalue weighted by atomic mass is 10.2. The summed E-state index contributed by atoms with van der Waals surface area (Å²) in [7, 11) is 0. The van der Waals surface area contributed by atoms with Crippen LogP contribution >= 0.6 is 11.6 Å². The Kier molecular flexibility index (Phi) is 5.29. The van der Waals surface area contributed by atoms with Crippen LogP contribution in [0.3, 0.4) is 0 Å². The zero-order valence-corrected chi connectivity index (χ0v) is 18.5. The number of fused-ring (bicyclic) bond motifs is 4. The normalized spacial score (nSPS) is 12.9. The molecule has 0 radical (unpaired) electrons. The molecule has 10 nitrogen and oxygen atoms in total. The Balaban J connectivity index is 1.53. The maximum absolute atomic E-state index is 13.2. The Morgan fingerprint density at radius 1 is 1.12 bits per heavy atom. The summed E-state index contributed by atoms with van der Waals surface area (Å²) in [5.74, 6) is 0.851. The maximum atomic E-state index is 13.2. The van der Waals surface area contributed by atoms with Crippen LogP contribution in [0.25, 0.3) is 16.7 Å². The lowest BCUT2D eigenvalue weighted by Crippen LogP contribution is -2.29. The van der Waals surface area contributed by atoms with Gasteiger partial charge in [-0.05, 0) is 36.8 Å². The monoisotopic (exact) mass is 469 g/mol. The van der Waals surface area contributed by atoms with Gasteiger partial charge in [-0.2, -0.15) is 0 Å². The molecule has 0 atom stereocenters. The van der Waals surface area contributed by atoms with Gasteiger partial charge < -0.3 is 14.8 Å². The molecule has 5 rings (SSSR count). The fourth-order valence-electron chi connectivity index (χ4n) is 3.87. The van der Waals surface area contributed by atoms with Gasteiger partial charge in [0.25, 0.3) is 5.56 Å². The highest BCUT2D eigenvalue weighted by Gasteiger charge is 2.19. The fraction of sp³-hybridized carbons (Fsp3) is 0.273. The van der Waals surface area contributed by atoms with Gasteiger partial charge in [0.1, 0.15) is 19.8 Å². The largest absolute Gasteiger partial charge is 0.486 e. The van der Waals surface area contributed by atoms with Gasteiger partial charge in [0, 0.05) is 23.3 Å². The van der Waals surface area contributed by atoms with E-state index >= 15 is 0 Å². The smallest absolute Gasteiger partial charge is 0.352 e. The van der Waals surface area contributed by atoms with Crippen molar-refractivity contribution in [1.29, 1.82) is 0 Å². The number of hydrogen-bond acceptors (Lipinski definition) is 6. The number of carbonyl (C=O) groups excluding carboxylic acids is 1. The van der Waals surface area contributed by atoms with E-state index in [4.69, 9.17) is 21.1 Å².